The van der Waals surface area contributed by atoms with E-state index in [9.17, 15) is 9.59 Å². The molecule has 2 atom stereocenters. The maximum absolute atomic E-state index is 12.9. The molecule has 2 aromatic carbocycles. The highest BCUT2D eigenvalue weighted by molar-refractivity contribution is 6.12. The normalized spacial score (nSPS) is 20.4. The molecule has 0 bridgehead atoms. The van der Waals surface area contributed by atoms with Crippen molar-refractivity contribution < 1.29 is 14.0 Å². The Morgan fingerprint density at radius 1 is 1.03 bits per heavy atom. The molecule has 5 rings (SSSR count). The Morgan fingerprint density at radius 2 is 1.87 bits per heavy atom. The number of aryl methyl sites for hydroxylation is 1. The lowest BCUT2D eigenvalue weighted by Crippen LogP contribution is -2.36. The lowest BCUT2D eigenvalue weighted by atomic mass is 9.80. The van der Waals surface area contributed by atoms with E-state index < -0.39 is 0 Å². The van der Waals surface area contributed by atoms with Crippen molar-refractivity contribution in [1.82, 2.24) is 0 Å². The third-order valence-corrected chi connectivity index (χ3v) is 5.83. The van der Waals surface area contributed by atoms with Crippen molar-refractivity contribution in [3.8, 4) is 0 Å². The number of hydrogen-bond donors (Lipinski definition) is 1. The minimum atomic E-state index is -0.357. The van der Waals surface area contributed by atoms with Crippen LogP contribution in [-0.4, -0.2) is 17.3 Å². The van der Waals surface area contributed by atoms with E-state index in [0.29, 0.717) is 23.2 Å². The van der Waals surface area contributed by atoms with Crippen molar-refractivity contribution in [2.75, 3.05) is 5.32 Å². The summed E-state index contributed by atoms with van der Waals surface area (Å²) in [5.41, 5.74) is 3.57. The fraction of sp³-hybridized carbons (Fsp3) is 0.240. The van der Waals surface area contributed by atoms with E-state index in [1.807, 2.05) is 67.6 Å². The molecule has 2 heterocycles. The van der Waals surface area contributed by atoms with Gasteiger partial charge in [0, 0.05) is 23.3 Å². The van der Waals surface area contributed by atoms with Gasteiger partial charge in [0.15, 0.2) is 5.78 Å². The maximum atomic E-state index is 12.9. The second kappa shape index (κ2) is 7.41. The maximum Gasteiger partial charge on any atom is 0.193 e. The molecule has 2 aliphatic rings. The van der Waals surface area contributed by atoms with Crippen LogP contribution in [0.25, 0.3) is 0 Å². The van der Waals surface area contributed by atoms with Gasteiger partial charge in [0.25, 0.3) is 0 Å². The molecule has 0 amide bonds. The van der Waals surface area contributed by atoms with Crippen LogP contribution < -0.4 is 5.32 Å². The zero-order valence-corrected chi connectivity index (χ0v) is 16.7. The molecule has 5 heteroatoms. The Bertz CT molecular complexity index is 1160. The number of carbonyl (C=O) groups excluding carboxylic acids is 2. The molecule has 150 valence electrons. The zero-order chi connectivity index (χ0) is 20.7. The first-order chi connectivity index (χ1) is 14.6. The van der Waals surface area contributed by atoms with Crippen molar-refractivity contribution in [2.24, 2.45) is 10.9 Å². The number of benzene rings is 2. The van der Waals surface area contributed by atoms with Crippen LogP contribution in [0.4, 0.5) is 11.4 Å². The van der Waals surface area contributed by atoms with Gasteiger partial charge in [0.1, 0.15) is 17.3 Å². The van der Waals surface area contributed by atoms with Crippen LogP contribution in [0, 0.1) is 12.8 Å². The third kappa shape index (κ3) is 3.26. The number of aliphatic imine (C=N–C) groups is 1. The SMILES string of the molecule is Cc1ccc(C2Nc3ccc(C(=O)c4ccccc4)cc3N=C3CCCC(=O)C32)o1. The number of nitrogens with one attached hydrogen (secondary N) is 1. The van der Waals surface area contributed by atoms with Gasteiger partial charge in [-0.3, -0.25) is 14.6 Å². The van der Waals surface area contributed by atoms with Gasteiger partial charge in [-0.2, -0.15) is 0 Å². The van der Waals surface area contributed by atoms with Crippen LogP contribution in [0.5, 0.6) is 0 Å². The lowest BCUT2D eigenvalue weighted by Gasteiger charge is -2.28. The topological polar surface area (TPSA) is 71.7 Å². The Balaban J connectivity index is 1.58. The van der Waals surface area contributed by atoms with Crippen molar-refractivity contribution in [1.29, 1.82) is 0 Å². The number of hydrogen-bond acceptors (Lipinski definition) is 5. The van der Waals surface area contributed by atoms with Gasteiger partial charge in [-0.05, 0) is 50.1 Å². The molecular formula is C25H22N2O3. The fourth-order valence-corrected chi connectivity index (χ4v) is 4.35. The van der Waals surface area contributed by atoms with Gasteiger partial charge >= 0.3 is 0 Å². The summed E-state index contributed by atoms with van der Waals surface area (Å²) in [6.07, 6.45) is 2.12. The summed E-state index contributed by atoms with van der Waals surface area (Å²) < 4.78 is 5.89. The average Bonchev–Trinajstić information content (AvgIpc) is 3.11. The largest absolute Gasteiger partial charge is 0.464 e. The predicted octanol–water partition coefficient (Wildman–Crippen LogP) is 5.43. The standard InChI is InChI=1S/C25H22N2O3/c1-15-10-13-22(30-15)24-23-19(8-5-9-21(23)28)26-20-14-17(11-12-18(20)27-24)25(29)16-6-3-2-4-7-16/h2-4,6-7,10-14,23-24,27H,5,8-9H2,1H3. The van der Waals surface area contributed by atoms with Crippen LogP contribution in [0.3, 0.4) is 0 Å². The number of anilines is 1. The minimum absolute atomic E-state index is 0.0441. The van der Waals surface area contributed by atoms with Crippen molar-refractivity contribution in [3.63, 3.8) is 0 Å². The smallest absolute Gasteiger partial charge is 0.193 e. The average molecular weight is 398 g/mol. The fourth-order valence-electron chi connectivity index (χ4n) is 4.35. The molecule has 1 N–H and O–H groups in total. The molecule has 1 saturated carbocycles. The first kappa shape index (κ1) is 18.6. The monoisotopic (exact) mass is 398 g/mol. The van der Waals surface area contributed by atoms with Gasteiger partial charge in [-0.1, -0.05) is 30.3 Å². The van der Waals surface area contributed by atoms with Crippen LogP contribution in [-0.2, 0) is 4.79 Å². The number of fused-ring (bicyclic) bond motifs is 2. The number of nitrogens with zero attached hydrogens (tertiary/aromatic N) is 1. The van der Waals surface area contributed by atoms with Gasteiger partial charge in [0.05, 0.1) is 23.3 Å². The molecule has 3 aromatic rings. The summed E-state index contributed by atoms with van der Waals surface area (Å²) in [7, 11) is 0. The summed E-state index contributed by atoms with van der Waals surface area (Å²) in [5.74, 6) is 1.32. The van der Waals surface area contributed by atoms with E-state index >= 15 is 0 Å². The molecule has 30 heavy (non-hydrogen) atoms. The number of carbonyl (C=O) groups is 2. The van der Waals surface area contributed by atoms with E-state index in [2.05, 4.69) is 5.32 Å². The molecule has 1 aliphatic heterocycles. The summed E-state index contributed by atoms with van der Waals surface area (Å²) >= 11 is 0. The number of furan rings is 1. The Hall–Kier alpha value is -3.47. The molecular weight excluding hydrogens is 376 g/mol. The number of rotatable bonds is 3. The number of Topliss-reactive ketones (excluding diaryl/α,β-unsaturated/α-hetero) is 1. The van der Waals surface area contributed by atoms with E-state index in [1.54, 1.807) is 0 Å². The van der Waals surface area contributed by atoms with E-state index in [0.717, 1.165) is 35.8 Å². The lowest BCUT2D eigenvalue weighted by molar-refractivity contribution is -0.122. The Morgan fingerprint density at radius 3 is 2.63 bits per heavy atom. The quantitative estimate of drug-likeness (QED) is 0.597. The first-order valence-corrected chi connectivity index (χ1v) is 10.3. The van der Waals surface area contributed by atoms with E-state index in [4.69, 9.17) is 9.41 Å². The van der Waals surface area contributed by atoms with Gasteiger partial charge in [-0.25, -0.2) is 0 Å². The molecule has 1 fully saturated rings. The van der Waals surface area contributed by atoms with Gasteiger partial charge in [0.2, 0.25) is 0 Å². The first-order valence-electron chi connectivity index (χ1n) is 10.3. The molecule has 2 unspecified atom stereocenters. The highest BCUT2D eigenvalue weighted by atomic mass is 16.3. The second-order valence-electron chi connectivity index (χ2n) is 7.90. The summed E-state index contributed by atoms with van der Waals surface area (Å²) in [6.45, 7) is 1.90. The molecule has 1 aromatic heterocycles. The molecule has 5 nitrogen and oxygen atoms in total. The van der Waals surface area contributed by atoms with Gasteiger partial charge in [-0.15, -0.1) is 0 Å². The third-order valence-electron chi connectivity index (χ3n) is 5.83. The van der Waals surface area contributed by atoms with Crippen LogP contribution in [0.2, 0.25) is 0 Å². The molecule has 0 saturated heterocycles. The van der Waals surface area contributed by atoms with Crippen molar-refractivity contribution in [3.05, 3.63) is 83.3 Å². The molecule has 0 radical (unpaired) electrons. The Labute approximate surface area is 174 Å². The van der Waals surface area contributed by atoms with Crippen LogP contribution in [0.15, 0.2) is 70.1 Å². The number of ketones is 2. The van der Waals surface area contributed by atoms with Crippen molar-refractivity contribution >= 4 is 28.7 Å². The zero-order valence-electron chi connectivity index (χ0n) is 16.7. The molecule has 0 spiro atoms. The second-order valence-corrected chi connectivity index (χ2v) is 7.90. The summed E-state index contributed by atoms with van der Waals surface area (Å²) in [5, 5.41) is 3.48. The molecule has 1 aliphatic carbocycles. The summed E-state index contributed by atoms with van der Waals surface area (Å²) in [4.78, 5) is 30.6. The van der Waals surface area contributed by atoms with Crippen molar-refractivity contribution in [2.45, 2.75) is 32.2 Å². The minimum Gasteiger partial charge on any atom is -0.464 e. The summed E-state index contributed by atoms with van der Waals surface area (Å²) in [6, 6.07) is 18.2. The van der Waals surface area contributed by atoms with E-state index in [1.165, 1.54) is 0 Å². The van der Waals surface area contributed by atoms with Crippen LogP contribution in [0.1, 0.15) is 52.7 Å². The van der Waals surface area contributed by atoms with Gasteiger partial charge < -0.3 is 9.73 Å². The predicted molar refractivity (Wildman–Crippen MR) is 116 cm³/mol. The highest BCUT2D eigenvalue weighted by Crippen LogP contribution is 2.41. The Kier molecular flexibility index (Phi) is 4.58. The van der Waals surface area contributed by atoms with Crippen LogP contribution >= 0.6 is 0 Å². The van der Waals surface area contributed by atoms with E-state index in [-0.39, 0.29) is 23.5 Å². The highest BCUT2D eigenvalue weighted by Gasteiger charge is 2.39.